The summed E-state index contributed by atoms with van der Waals surface area (Å²) >= 11 is 0. The Hall–Kier alpha value is -3.53. The zero-order valence-corrected chi connectivity index (χ0v) is 25.6. The van der Waals surface area contributed by atoms with Gasteiger partial charge in [0.2, 0.25) is 0 Å². The van der Waals surface area contributed by atoms with Gasteiger partial charge in [0.25, 0.3) is 5.56 Å². The van der Waals surface area contributed by atoms with Gasteiger partial charge in [0.05, 0.1) is 16.9 Å². The number of aromatic amines is 1. The Morgan fingerprint density at radius 1 is 1.05 bits per heavy atom. The van der Waals surface area contributed by atoms with Crippen LogP contribution in [0.5, 0.6) is 0 Å². The van der Waals surface area contributed by atoms with Crippen LogP contribution in [0.25, 0.3) is 10.9 Å². The van der Waals surface area contributed by atoms with Crippen LogP contribution in [0, 0.1) is 34.8 Å². The molecule has 0 amide bonds. The molecule has 0 radical (unpaired) electrons. The minimum Gasteiger partial charge on any atom is -0.340 e. The highest BCUT2D eigenvalue weighted by Gasteiger charge is 2.56. The van der Waals surface area contributed by atoms with Gasteiger partial charge in [-0.1, -0.05) is 26.8 Å². The highest BCUT2D eigenvalue weighted by atomic mass is 19.1. The average molecular weight is 593 g/mol. The minimum absolute atomic E-state index is 0.0266. The number of guanidine groups is 1. The molecular formula is C33H42F2N6O2. The zero-order valence-electron chi connectivity index (χ0n) is 25.6. The van der Waals surface area contributed by atoms with Gasteiger partial charge >= 0.3 is 5.69 Å². The van der Waals surface area contributed by atoms with Gasteiger partial charge in [-0.05, 0) is 86.1 Å². The number of aromatic nitrogens is 2. The van der Waals surface area contributed by atoms with Crippen LogP contribution in [0.1, 0.15) is 53.0 Å². The first kappa shape index (κ1) is 29.5. The number of hydrogen-bond acceptors (Lipinski definition) is 4. The molecule has 2 heterocycles. The maximum Gasteiger partial charge on any atom is 0.328 e. The van der Waals surface area contributed by atoms with Gasteiger partial charge in [-0.2, -0.15) is 0 Å². The van der Waals surface area contributed by atoms with E-state index in [4.69, 9.17) is 4.99 Å². The molecule has 2 aromatic carbocycles. The summed E-state index contributed by atoms with van der Waals surface area (Å²) in [6, 6.07) is 9.46. The maximum atomic E-state index is 14.1. The molecule has 7 rings (SSSR count). The fourth-order valence-corrected chi connectivity index (χ4v) is 7.76. The largest absolute Gasteiger partial charge is 0.340 e. The smallest absolute Gasteiger partial charge is 0.328 e. The van der Waals surface area contributed by atoms with E-state index < -0.39 is 22.9 Å². The number of fused-ring (bicyclic) bond motifs is 3. The van der Waals surface area contributed by atoms with Crippen LogP contribution in [-0.2, 0) is 13.0 Å². The van der Waals surface area contributed by atoms with E-state index >= 15 is 0 Å². The van der Waals surface area contributed by atoms with Crippen LogP contribution in [0.2, 0.25) is 0 Å². The lowest BCUT2D eigenvalue weighted by Crippen LogP contribution is -2.59. The first-order valence-electron chi connectivity index (χ1n) is 15.5. The second kappa shape index (κ2) is 11.2. The number of H-pyrrole nitrogens is 1. The van der Waals surface area contributed by atoms with Crippen LogP contribution in [0.15, 0.2) is 51.0 Å². The molecule has 1 aliphatic heterocycles. The van der Waals surface area contributed by atoms with Crippen molar-refractivity contribution in [3.63, 3.8) is 0 Å². The topological polar surface area (TPSA) is 94.5 Å². The minimum atomic E-state index is -0.699. The van der Waals surface area contributed by atoms with E-state index in [2.05, 4.69) is 55.1 Å². The lowest BCUT2D eigenvalue weighted by atomic mass is 9.45. The summed E-state index contributed by atoms with van der Waals surface area (Å²) in [5.41, 5.74) is 0.739. The van der Waals surface area contributed by atoms with Crippen molar-refractivity contribution in [1.29, 1.82) is 0 Å². The van der Waals surface area contributed by atoms with Crippen LogP contribution >= 0.6 is 0 Å². The molecule has 8 nitrogen and oxygen atoms in total. The van der Waals surface area contributed by atoms with Crippen molar-refractivity contribution < 1.29 is 8.78 Å². The normalized spacial score (nSPS) is 28.5. The van der Waals surface area contributed by atoms with Crippen molar-refractivity contribution in [3.8, 4) is 0 Å². The number of hydrogen-bond donors (Lipinski definition) is 3. The molecule has 10 heteroatoms. The van der Waals surface area contributed by atoms with E-state index in [9.17, 15) is 18.4 Å². The van der Waals surface area contributed by atoms with Gasteiger partial charge in [-0.15, -0.1) is 0 Å². The number of benzene rings is 2. The second-order valence-electron chi connectivity index (χ2n) is 13.6. The number of nitrogens with one attached hydrogen (secondary N) is 3. The summed E-state index contributed by atoms with van der Waals surface area (Å²) in [6.07, 6.45) is 2.46. The number of halogens is 2. The number of piperazine rings is 1. The first-order valence-corrected chi connectivity index (χ1v) is 15.5. The molecule has 4 aliphatic rings. The van der Waals surface area contributed by atoms with Crippen molar-refractivity contribution in [2.24, 2.45) is 28.2 Å². The molecule has 230 valence electrons. The van der Waals surface area contributed by atoms with Gasteiger partial charge in [-0.25, -0.2) is 18.6 Å². The molecule has 0 spiro atoms. The Balaban J connectivity index is 1.28. The molecule has 1 aromatic heterocycles. The number of nitrogens with zero attached hydrogens (tertiary/aromatic N) is 3. The molecule has 3 aromatic rings. The summed E-state index contributed by atoms with van der Waals surface area (Å²) in [4.78, 5) is 36.7. The summed E-state index contributed by atoms with van der Waals surface area (Å²) in [6.45, 7) is 13.1. The van der Waals surface area contributed by atoms with Crippen LogP contribution in [-0.4, -0.2) is 51.6 Å². The van der Waals surface area contributed by atoms with Crippen LogP contribution in [0.4, 0.5) is 14.5 Å². The Morgan fingerprint density at radius 3 is 2.47 bits per heavy atom. The second-order valence-corrected chi connectivity index (χ2v) is 13.6. The van der Waals surface area contributed by atoms with E-state index in [-0.39, 0.29) is 24.6 Å². The van der Waals surface area contributed by atoms with Crippen molar-refractivity contribution in [1.82, 2.24) is 19.8 Å². The predicted octanol–water partition coefficient (Wildman–Crippen LogP) is 4.73. The van der Waals surface area contributed by atoms with E-state index in [1.165, 1.54) is 12.5 Å². The standard InChI is InChI=1S/C33H42F2N6O2/c1-18-16-40(17-19(2)36-18)31(38-28-13-22-12-26(20(28)3)33(22,4)5)37-24-8-9-25-29(15-24)39-32(43)41(30(25)42)11-10-21-6-7-23(34)14-27(21)35/h6-9,14-15,18-20,22,26,28,36H,10-13,16-17H2,1-5H3,(H,37,38)(H,39,43)/t18-,19+,20-,22+,26-,28?/m0/s1. The molecule has 1 saturated heterocycles. The Bertz CT molecular complexity index is 1670. The van der Waals surface area contributed by atoms with Gasteiger partial charge in [0.15, 0.2) is 5.96 Å². The number of aliphatic imine (C=N–C) groups is 1. The third kappa shape index (κ3) is 5.61. The summed E-state index contributed by atoms with van der Waals surface area (Å²) in [5, 5.41) is 7.51. The Labute approximate surface area is 250 Å². The van der Waals surface area contributed by atoms with Gasteiger partial charge < -0.3 is 20.5 Å². The van der Waals surface area contributed by atoms with Gasteiger partial charge in [0, 0.05) is 43.5 Å². The van der Waals surface area contributed by atoms with E-state index in [1.807, 2.05) is 6.07 Å². The molecule has 3 aliphatic carbocycles. The third-order valence-corrected chi connectivity index (χ3v) is 10.3. The molecule has 3 N–H and O–H groups in total. The first-order chi connectivity index (χ1) is 20.4. The highest BCUT2D eigenvalue weighted by Crippen LogP contribution is 2.61. The van der Waals surface area contributed by atoms with Crippen molar-refractivity contribution in [2.45, 2.75) is 78.6 Å². The molecule has 3 saturated carbocycles. The summed E-state index contributed by atoms with van der Waals surface area (Å²) in [5.74, 6) is 1.31. The molecule has 1 unspecified atom stereocenters. The fraction of sp³-hybridized carbons (Fsp3) is 0.545. The van der Waals surface area contributed by atoms with Crippen molar-refractivity contribution in [2.75, 3.05) is 18.4 Å². The zero-order chi connectivity index (χ0) is 30.6. The number of anilines is 1. The van der Waals surface area contributed by atoms with Gasteiger partial charge in [-0.3, -0.25) is 9.36 Å². The summed E-state index contributed by atoms with van der Waals surface area (Å²) < 4.78 is 28.5. The molecular weight excluding hydrogens is 550 g/mol. The van der Waals surface area contributed by atoms with Crippen molar-refractivity contribution in [3.05, 3.63) is 74.4 Å². The molecule has 4 fully saturated rings. The van der Waals surface area contributed by atoms with E-state index in [1.54, 1.807) is 12.1 Å². The van der Waals surface area contributed by atoms with Crippen LogP contribution < -0.4 is 21.9 Å². The maximum absolute atomic E-state index is 14.1. The van der Waals surface area contributed by atoms with Gasteiger partial charge in [0.1, 0.15) is 11.6 Å². The predicted molar refractivity (Wildman–Crippen MR) is 167 cm³/mol. The molecule has 6 atom stereocenters. The highest BCUT2D eigenvalue weighted by molar-refractivity contribution is 5.96. The van der Waals surface area contributed by atoms with Crippen LogP contribution in [0.3, 0.4) is 0 Å². The van der Waals surface area contributed by atoms with E-state index in [0.29, 0.717) is 46.2 Å². The number of aryl methyl sites for hydroxylation is 1. The molecule has 2 bridgehead atoms. The van der Waals surface area contributed by atoms with Crippen molar-refractivity contribution >= 4 is 22.5 Å². The molecule has 43 heavy (non-hydrogen) atoms. The quantitative estimate of drug-likeness (QED) is 0.294. The average Bonchev–Trinajstić information content (AvgIpc) is 2.93. The Kier molecular flexibility index (Phi) is 7.69. The Morgan fingerprint density at radius 2 is 1.79 bits per heavy atom. The number of rotatable bonds is 5. The summed E-state index contributed by atoms with van der Waals surface area (Å²) in [7, 11) is 0. The fourth-order valence-electron chi connectivity index (χ4n) is 7.76. The van der Waals surface area contributed by atoms with E-state index in [0.717, 1.165) is 47.9 Å². The SMILES string of the molecule is C[C@@H]1CN(/C(=N\C2C[C@H]3C[C@@H]([C@@H]2C)C3(C)C)Nc2ccc3c(=O)n(CCc4ccc(F)cc4F)c(=O)[nH]c3c2)C[C@H](C)N1. The monoisotopic (exact) mass is 592 g/mol. The lowest BCUT2D eigenvalue weighted by molar-refractivity contribution is -0.108. The lowest BCUT2D eigenvalue weighted by Gasteiger charge is -2.61. The third-order valence-electron chi connectivity index (χ3n) is 10.3.